The second-order valence-electron chi connectivity index (χ2n) is 8.04. The van der Waals surface area contributed by atoms with Crippen LogP contribution >= 0.6 is 0 Å². The Labute approximate surface area is 178 Å². The Morgan fingerprint density at radius 3 is 2.29 bits per heavy atom. The zero-order valence-corrected chi connectivity index (χ0v) is 17.4. The molecule has 0 bridgehead atoms. The minimum absolute atomic E-state index is 0.0328. The number of fused-ring (bicyclic) bond motifs is 2. The Morgan fingerprint density at radius 2 is 1.58 bits per heavy atom. The number of rotatable bonds is 2. The molecule has 0 radical (unpaired) electrons. The van der Waals surface area contributed by atoms with Gasteiger partial charge in [-0.25, -0.2) is 4.39 Å². The van der Waals surface area contributed by atoms with E-state index >= 15 is 0 Å². The van der Waals surface area contributed by atoms with E-state index in [9.17, 15) is 14.0 Å². The van der Waals surface area contributed by atoms with Crippen molar-refractivity contribution in [3.05, 3.63) is 110 Å². The molecule has 1 aromatic heterocycles. The first kappa shape index (κ1) is 19.2. The summed E-state index contributed by atoms with van der Waals surface area (Å²) in [5.41, 5.74) is 3.99. The molecule has 5 rings (SSSR count). The third-order valence-corrected chi connectivity index (χ3v) is 6.00. The summed E-state index contributed by atoms with van der Waals surface area (Å²) < 4.78 is 20.9. The van der Waals surface area contributed by atoms with Crippen LogP contribution in [0.4, 0.5) is 10.1 Å². The van der Waals surface area contributed by atoms with E-state index in [1.165, 1.54) is 11.0 Å². The van der Waals surface area contributed by atoms with E-state index in [0.29, 0.717) is 16.7 Å². The lowest BCUT2D eigenvalue weighted by molar-refractivity contribution is 0.0971. The van der Waals surface area contributed by atoms with Crippen LogP contribution in [0.2, 0.25) is 0 Å². The molecular weight excluding hydrogens is 393 g/mol. The molecule has 154 valence electrons. The number of amides is 1. The predicted molar refractivity (Wildman–Crippen MR) is 118 cm³/mol. The Morgan fingerprint density at radius 1 is 0.903 bits per heavy atom. The topological polar surface area (TPSA) is 50.5 Å². The predicted octanol–water partition coefficient (Wildman–Crippen LogP) is 5.61. The van der Waals surface area contributed by atoms with E-state index < -0.39 is 17.8 Å². The van der Waals surface area contributed by atoms with Crippen LogP contribution < -0.4 is 10.3 Å². The summed E-state index contributed by atoms with van der Waals surface area (Å²) in [6.45, 7) is 5.78. The van der Waals surface area contributed by atoms with Crippen LogP contribution in [0, 0.1) is 26.6 Å². The van der Waals surface area contributed by atoms with Crippen molar-refractivity contribution in [2.45, 2.75) is 26.8 Å². The molecule has 31 heavy (non-hydrogen) atoms. The molecule has 0 spiro atoms. The molecule has 0 N–H and O–H groups in total. The zero-order valence-electron chi connectivity index (χ0n) is 17.4. The quantitative estimate of drug-likeness (QED) is 0.429. The smallest absolute Gasteiger partial charge is 0.295 e. The fourth-order valence-electron chi connectivity index (χ4n) is 4.19. The maximum atomic E-state index is 14.9. The Bertz CT molecular complexity index is 1420. The van der Waals surface area contributed by atoms with E-state index in [1.807, 2.05) is 32.9 Å². The van der Waals surface area contributed by atoms with Crippen LogP contribution in [0.15, 0.2) is 69.9 Å². The second-order valence-corrected chi connectivity index (χ2v) is 8.04. The molecule has 1 atom stereocenters. The van der Waals surface area contributed by atoms with Crippen LogP contribution in [0.1, 0.15) is 44.4 Å². The Balaban J connectivity index is 1.85. The number of nitrogens with zero attached hydrogens (tertiary/aromatic N) is 1. The number of halogens is 1. The van der Waals surface area contributed by atoms with Gasteiger partial charge in [0.05, 0.1) is 17.0 Å². The molecule has 1 aliphatic rings. The van der Waals surface area contributed by atoms with E-state index in [0.717, 1.165) is 16.7 Å². The lowest BCUT2D eigenvalue weighted by Crippen LogP contribution is -2.30. The van der Waals surface area contributed by atoms with Crippen molar-refractivity contribution in [2.75, 3.05) is 4.90 Å². The lowest BCUT2D eigenvalue weighted by atomic mass is 9.97. The van der Waals surface area contributed by atoms with Gasteiger partial charge in [-0.05, 0) is 62.2 Å². The van der Waals surface area contributed by atoms with E-state index in [-0.39, 0.29) is 22.3 Å². The summed E-state index contributed by atoms with van der Waals surface area (Å²) in [6, 6.07) is 16.2. The average Bonchev–Trinajstić information content (AvgIpc) is 3.03. The van der Waals surface area contributed by atoms with Crippen LogP contribution in [-0.4, -0.2) is 5.91 Å². The fraction of sp³-hybridized carbons (Fsp3) is 0.154. The second kappa shape index (κ2) is 6.91. The van der Waals surface area contributed by atoms with Gasteiger partial charge in [0.2, 0.25) is 5.76 Å². The summed E-state index contributed by atoms with van der Waals surface area (Å²) in [6.07, 6.45) is 0. The molecule has 4 aromatic rings. The highest BCUT2D eigenvalue weighted by atomic mass is 19.1. The van der Waals surface area contributed by atoms with Crippen LogP contribution in [-0.2, 0) is 0 Å². The molecular formula is C26H20FNO3. The van der Waals surface area contributed by atoms with Gasteiger partial charge < -0.3 is 4.42 Å². The molecule has 0 fully saturated rings. The van der Waals surface area contributed by atoms with Crippen molar-refractivity contribution in [3.63, 3.8) is 0 Å². The van der Waals surface area contributed by atoms with E-state index in [1.54, 1.807) is 42.5 Å². The average molecular weight is 413 g/mol. The maximum Gasteiger partial charge on any atom is 0.295 e. The highest BCUT2D eigenvalue weighted by Gasteiger charge is 2.44. The summed E-state index contributed by atoms with van der Waals surface area (Å²) in [4.78, 5) is 28.5. The SMILES string of the molecule is Cc1ccc(N2C(=O)c3oc4cc(C)c(C)cc4c(=O)c3[C@@H]2c2ccccc2F)cc1. The number of carbonyl (C=O) groups is 1. The first-order chi connectivity index (χ1) is 14.9. The van der Waals surface area contributed by atoms with E-state index in [4.69, 9.17) is 4.42 Å². The highest BCUT2D eigenvalue weighted by molar-refractivity contribution is 6.10. The summed E-state index contributed by atoms with van der Waals surface area (Å²) in [5, 5.41) is 0.391. The van der Waals surface area contributed by atoms with Crippen molar-refractivity contribution in [1.82, 2.24) is 0 Å². The molecule has 0 saturated carbocycles. The fourth-order valence-corrected chi connectivity index (χ4v) is 4.19. The van der Waals surface area contributed by atoms with Gasteiger partial charge in [0.15, 0.2) is 5.43 Å². The maximum absolute atomic E-state index is 14.9. The molecule has 1 aliphatic heterocycles. The molecule has 0 aliphatic carbocycles. The summed E-state index contributed by atoms with van der Waals surface area (Å²) >= 11 is 0. The van der Waals surface area contributed by atoms with Gasteiger partial charge in [0, 0.05) is 11.3 Å². The third-order valence-electron chi connectivity index (χ3n) is 6.00. The number of anilines is 1. The molecule has 4 nitrogen and oxygen atoms in total. The third kappa shape index (κ3) is 2.88. The van der Waals surface area contributed by atoms with Crippen molar-refractivity contribution in [1.29, 1.82) is 0 Å². The van der Waals surface area contributed by atoms with Gasteiger partial charge in [-0.3, -0.25) is 14.5 Å². The number of carbonyl (C=O) groups excluding carboxylic acids is 1. The number of hydrogen-bond donors (Lipinski definition) is 0. The van der Waals surface area contributed by atoms with Crippen LogP contribution in [0.25, 0.3) is 11.0 Å². The molecule has 0 saturated heterocycles. The molecule has 3 aromatic carbocycles. The van der Waals surface area contributed by atoms with Gasteiger partial charge >= 0.3 is 0 Å². The molecule has 2 heterocycles. The minimum Gasteiger partial charge on any atom is -0.450 e. The first-order valence-electron chi connectivity index (χ1n) is 10.1. The molecule has 5 heteroatoms. The van der Waals surface area contributed by atoms with Crippen LogP contribution in [0.3, 0.4) is 0 Å². The summed E-state index contributed by atoms with van der Waals surface area (Å²) in [7, 11) is 0. The zero-order chi connectivity index (χ0) is 21.9. The number of aryl methyl sites for hydroxylation is 3. The lowest BCUT2D eigenvalue weighted by Gasteiger charge is -2.25. The first-order valence-corrected chi connectivity index (χ1v) is 10.1. The normalized spacial score (nSPS) is 15.5. The van der Waals surface area contributed by atoms with Crippen LogP contribution in [0.5, 0.6) is 0 Å². The standard InChI is InChI=1S/C26H20FNO3/c1-14-8-10-17(11-9-14)28-23(18-6-4-5-7-20(18)27)22-24(29)19-12-15(2)16(3)13-21(19)31-25(22)26(28)30/h4-13,23H,1-3H3/t23-/m0/s1. The minimum atomic E-state index is -0.909. The van der Waals surface area contributed by atoms with E-state index in [2.05, 4.69) is 0 Å². The Kier molecular flexibility index (Phi) is 4.29. The largest absolute Gasteiger partial charge is 0.450 e. The van der Waals surface area contributed by atoms with Gasteiger partial charge in [-0.2, -0.15) is 0 Å². The molecule has 0 unspecified atom stereocenters. The van der Waals surface area contributed by atoms with Gasteiger partial charge in [0.25, 0.3) is 5.91 Å². The van der Waals surface area contributed by atoms with Crippen molar-refractivity contribution in [3.8, 4) is 0 Å². The highest BCUT2D eigenvalue weighted by Crippen LogP contribution is 2.42. The number of benzene rings is 3. The molecule has 1 amide bonds. The summed E-state index contributed by atoms with van der Waals surface area (Å²) in [5.74, 6) is -0.969. The van der Waals surface area contributed by atoms with Crippen molar-refractivity contribution < 1.29 is 13.6 Å². The van der Waals surface area contributed by atoms with Crippen molar-refractivity contribution >= 4 is 22.6 Å². The van der Waals surface area contributed by atoms with Crippen molar-refractivity contribution in [2.24, 2.45) is 0 Å². The number of hydrogen-bond acceptors (Lipinski definition) is 3. The monoisotopic (exact) mass is 413 g/mol. The van der Waals surface area contributed by atoms with Gasteiger partial charge in [0.1, 0.15) is 11.4 Å². The van der Waals surface area contributed by atoms with Gasteiger partial charge in [-0.1, -0.05) is 35.9 Å². The Hall–Kier alpha value is -3.73. The van der Waals surface area contributed by atoms with Gasteiger partial charge in [-0.15, -0.1) is 0 Å².